The molecule has 1 amide bonds. The zero-order valence-corrected chi connectivity index (χ0v) is 12.0. The van der Waals surface area contributed by atoms with Crippen molar-refractivity contribution in [2.45, 2.75) is 25.9 Å². The summed E-state index contributed by atoms with van der Waals surface area (Å²) in [5, 5.41) is 3.38. The number of amides is 1. The van der Waals surface area contributed by atoms with E-state index in [1.54, 1.807) is 0 Å². The lowest BCUT2D eigenvalue weighted by atomic mass is 9.92. The van der Waals surface area contributed by atoms with Crippen LogP contribution >= 0.6 is 0 Å². The van der Waals surface area contributed by atoms with E-state index in [0.717, 1.165) is 32.5 Å². The van der Waals surface area contributed by atoms with Crippen LogP contribution in [0, 0.1) is 5.92 Å². The van der Waals surface area contributed by atoms with Gasteiger partial charge in [-0.2, -0.15) is 0 Å². The van der Waals surface area contributed by atoms with E-state index in [2.05, 4.69) is 24.4 Å². The molecule has 2 atom stereocenters. The third-order valence-electron chi connectivity index (χ3n) is 4.28. The van der Waals surface area contributed by atoms with Crippen LogP contribution in [0.3, 0.4) is 0 Å². The van der Waals surface area contributed by atoms with Crippen molar-refractivity contribution in [2.24, 2.45) is 5.92 Å². The highest BCUT2D eigenvalue weighted by atomic mass is 16.5. The second kappa shape index (κ2) is 5.83. The highest BCUT2D eigenvalue weighted by Crippen LogP contribution is 2.25. The fourth-order valence-corrected chi connectivity index (χ4v) is 3.04. The quantitative estimate of drug-likeness (QED) is 0.895. The summed E-state index contributed by atoms with van der Waals surface area (Å²) in [5.74, 6) is 0.328. The Bertz CT molecular complexity index is 489. The molecule has 0 bridgehead atoms. The van der Waals surface area contributed by atoms with E-state index in [0.29, 0.717) is 6.61 Å². The number of fused-ring (bicyclic) bond motifs is 1. The summed E-state index contributed by atoms with van der Waals surface area (Å²) in [6, 6.07) is 8.25. The normalized spacial score (nSPS) is 25.8. The molecule has 1 fully saturated rings. The number of anilines is 1. The molecule has 1 aromatic carbocycles. The Morgan fingerprint density at radius 1 is 1.45 bits per heavy atom. The first-order chi connectivity index (χ1) is 9.78. The molecule has 3 rings (SSSR count). The van der Waals surface area contributed by atoms with Crippen LogP contribution in [0.1, 0.15) is 18.9 Å². The highest BCUT2D eigenvalue weighted by molar-refractivity contribution is 5.81. The first kappa shape index (κ1) is 13.4. The van der Waals surface area contributed by atoms with E-state index in [1.165, 1.54) is 11.3 Å². The number of benzene rings is 1. The van der Waals surface area contributed by atoms with Gasteiger partial charge in [0.2, 0.25) is 5.91 Å². The molecule has 0 saturated carbocycles. The molecular weight excluding hydrogens is 252 g/mol. The summed E-state index contributed by atoms with van der Waals surface area (Å²) in [4.78, 5) is 14.6. The Morgan fingerprint density at radius 3 is 3.15 bits per heavy atom. The van der Waals surface area contributed by atoms with Gasteiger partial charge in [0.1, 0.15) is 0 Å². The number of carbonyl (C=O) groups excluding carboxylic acids is 1. The molecule has 0 radical (unpaired) electrons. The third-order valence-corrected chi connectivity index (χ3v) is 4.28. The molecule has 0 aliphatic carbocycles. The smallest absolute Gasteiger partial charge is 0.227 e. The van der Waals surface area contributed by atoms with Crippen LogP contribution in [-0.2, 0) is 16.0 Å². The largest absolute Gasteiger partial charge is 0.384 e. The van der Waals surface area contributed by atoms with Gasteiger partial charge in [-0.1, -0.05) is 25.1 Å². The van der Waals surface area contributed by atoms with Gasteiger partial charge in [-0.15, -0.1) is 0 Å². The lowest BCUT2D eigenvalue weighted by molar-refractivity contribution is -0.142. The first-order valence-corrected chi connectivity index (χ1v) is 7.50. The monoisotopic (exact) mass is 274 g/mol. The molecule has 1 aromatic rings. The Hall–Kier alpha value is -1.55. The van der Waals surface area contributed by atoms with Crippen molar-refractivity contribution < 1.29 is 9.53 Å². The van der Waals surface area contributed by atoms with Crippen molar-refractivity contribution in [1.82, 2.24) is 4.90 Å². The summed E-state index contributed by atoms with van der Waals surface area (Å²) in [6.45, 7) is 4.99. The van der Waals surface area contributed by atoms with Crippen molar-refractivity contribution in [2.75, 3.05) is 31.6 Å². The maximum absolute atomic E-state index is 12.7. The lowest BCUT2D eigenvalue weighted by Gasteiger charge is -2.36. The molecule has 4 nitrogen and oxygen atoms in total. The van der Waals surface area contributed by atoms with Gasteiger partial charge < -0.3 is 15.0 Å². The van der Waals surface area contributed by atoms with Gasteiger partial charge in [0.05, 0.1) is 18.6 Å². The van der Waals surface area contributed by atoms with Gasteiger partial charge >= 0.3 is 0 Å². The van der Waals surface area contributed by atoms with Gasteiger partial charge in [0.25, 0.3) is 0 Å². The predicted octanol–water partition coefficient (Wildman–Crippen LogP) is 1.91. The molecular formula is C16H22N2O2. The summed E-state index contributed by atoms with van der Waals surface area (Å²) >= 11 is 0. The Labute approximate surface area is 120 Å². The van der Waals surface area contributed by atoms with Crippen LogP contribution < -0.4 is 5.32 Å². The number of hydrogen-bond acceptors (Lipinski definition) is 3. The SMILES string of the molecule is CCC1CN(C(=O)C2CNc3ccccc3C2)CCO1. The van der Waals surface area contributed by atoms with E-state index >= 15 is 0 Å². The average molecular weight is 274 g/mol. The van der Waals surface area contributed by atoms with E-state index in [4.69, 9.17) is 4.74 Å². The molecule has 1 N–H and O–H groups in total. The topological polar surface area (TPSA) is 41.6 Å². The summed E-state index contributed by atoms with van der Waals surface area (Å²) in [7, 11) is 0. The molecule has 2 aliphatic heterocycles. The fraction of sp³-hybridized carbons (Fsp3) is 0.562. The van der Waals surface area contributed by atoms with Crippen LogP contribution in [-0.4, -0.2) is 43.2 Å². The number of ether oxygens (including phenoxy) is 1. The fourth-order valence-electron chi connectivity index (χ4n) is 3.04. The van der Waals surface area contributed by atoms with Crippen molar-refractivity contribution in [1.29, 1.82) is 0 Å². The molecule has 0 aromatic heterocycles. The van der Waals surface area contributed by atoms with Crippen LogP contribution in [0.2, 0.25) is 0 Å². The maximum atomic E-state index is 12.7. The Balaban J connectivity index is 1.67. The number of nitrogens with one attached hydrogen (secondary N) is 1. The second-order valence-electron chi connectivity index (χ2n) is 5.62. The summed E-state index contributed by atoms with van der Waals surface area (Å²) < 4.78 is 5.64. The first-order valence-electron chi connectivity index (χ1n) is 7.50. The van der Waals surface area contributed by atoms with Gasteiger partial charge in [-0.3, -0.25) is 4.79 Å². The molecule has 2 heterocycles. The Morgan fingerprint density at radius 2 is 2.30 bits per heavy atom. The van der Waals surface area contributed by atoms with Crippen LogP contribution in [0.4, 0.5) is 5.69 Å². The summed E-state index contributed by atoms with van der Waals surface area (Å²) in [6.07, 6.45) is 2.02. The maximum Gasteiger partial charge on any atom is 0.227 e. The van der Waals surface area contributed by atoms with E-state index in [1.807, 2.05) is 17.0 Å². The van der Waals surface area contributed by atoms with Gasteiger partial charge in [0.15, 0.2) is 0 Å². The number of carbonyl (C=O) groups is 1. The number of para-hydroxylation sites is 1. The van der Waals surface area contributed by atoms with E-state index in [9.17, 15) is 4.79 Å². The Kier molecular flexibility index (Phi) is 3.92. The molecule has 20 heavy (non-hydrogen) atoms. The molecule has 108 valence electrons. The summed E-state index contributed by atoms with van der Waals surface area (Å²) in [5.41, 5.74) is 2.42. The highest BCUT2D eigenvalue weighted by Gasteiger charge is 2.31. The zero-order chi connectivity index (χ0) is 13.9. The number of hydrogen-bond donors (Lipinski definition) is 1. The van der Waals surface area contributed by atoms with Crippen LogP contribution in [0.5, 0.6) is 0 Å². The average Bonchev–Trinajstić information content (AvgIpc) is 2.53. The minimum absolute atomic E-state index is 0.0560. The van der Waals surface area contributed by atoms with Crippen molar-refractivity contribution in [3.05, 3.63) is 29.8 Å². The van der Waals surface area contributed by atoms with Crippen molar-refractivity contribution in [3.63, 3.8) is 0 Å². The van der Waals surface area contributed by atoms with Crippen molar-refractivity contribution in [3.8, 4) is 0 Å². The van der Waals surface area contributed by atoms with Gasteiger partial charge in [0, 0.05) is 25.3 Å². The molecule has 4 heteroatoms. The lowest BCUT2D eigenvalue weighted by Crippen LogP contribution is -2.49. The number of morpholine rings is 1. The van der Waals surface area contributed by atoms with E-state index in [-0.39, 0.29) is 17.9 Å². The van der Waals surface area contributed by atoms with Crippen LogP contribution in [0.15, 0.2) is 24.3 Å². The molecule has 1 saturated heterocycles. The molecule has 2 aliphatic rings. The van der Waals surface area contributed by atoms with Crippen molar-refractivity contribution >= 4 is 11.6 Å². The minimum Gasteiger partial charge on any atom is -0.384 e. The molecule has 2 unspecified atom stereocenters. The standard InChI is InChI=1S/C16H22N2O2/c1-2-14-11-18(7-8-20-14)16(19)13-9-12-5-3-4-6-15(12)17-10-13/h3-6,13-14,17H,2,7-11H2,1H3. The number of nitrogens with zero attached hydrogens (tertiary/aromatic N) is 1. The van der Waals surface area contributed by atoms with Crippen LogP contribution in [0.25, 0.3) is 0 Å². The number of rotatable bonds is 2. The van der Waals surface area contributed by atoms with E-state index < -0.39 is 0 Å². The van der Waals surface area contributed by atoms with Gasteiger partial charge in [-0.05, 0) is 24.5 Å². The second-order valence-corrected chi connectivity index (χ2v) is 5.62. The predicted molar refractivity (Wildman–Crippen MR) is 78.7 cm³/mol. The zero-order valence-electron chi connectivity index (χ0n) is 12.0. The molecule has 0 spiro atoms. The third kappa shape index (κ3) is 2.66. The van der Waals surface area contributed by atoms with Gasteiger partial charge in [-0.25, -0.2) is 0 Å². The minimum atomic E-state index is 0.0560.